The molecule has 0 bridgehead atoms. The summed E-state index contributed by atoms with van der Waals surface area (Å²) in [5.74, 6) is 0.765. The summed E-state index contributed by atoms with van der Waals surface area (Å²) in [5, 5.41) is 7.14. The number of likely N-dealkylation sites (tertiary alicyclic amines) is 1. The van der Waals surface area contributed by atoms with E-state index in [2.05, 4.69) is 31.3 Å². The molecule has 4 rings (SSSR count). The van der Waals surface area contributed by atoms with Crippen LogP contribution in [0.15, 0.2) is 35.1 Å². The number of hydrogen-bond donors (Lipinski definition) is 1. The fraction of sp³-hybridized carbons (Fsp3) is 0.526. The number of ether oxygens (including phenoxy) is 1. The first-order chi connectivity index (χ1) is 13.3. The molecule has 1 atom stereocenters. The highest BCUT2D eigenvalue weighted by molar-refractivity contribution is 5.92. The van der Waals surface area contributed by atoms with E-state index in [1.54, 1.807) is 12.3 Å². The van der Waals surface area contributed by atoms with Crippen molar-refractivity contribution < 1.29 is 14.1 Å². The summed E-state index contributed by atoms with van der Waals surface area (Å²) in [6, 6.07) is 5.86. The lowest BCUT2D eigenvalue weighted by molar-refractivity contribution is 0.0863. The Balaban J connectivity index is 1.31. The number of rotatable bonds is 5. The number of carbonyl (C=O) groups excluding carboxylic acids is 1. The minimum Gasteiger partial charge on any atom is -0.378 e. The number of carbonyl (C=O) groups is 1. The van der Waals surface area contributed by atoms with Crippen LogP contribution < -0.4 is 10.2 Å². The smallest absolute Gasteiger partial charge is 0.290 e. The molecule has 0 spiro atoms. The number of pyridine rings is 1. The second-order valence-corrected chi connectivity index (χ2v) is 7.06. The lowest BCUT2D eigenvalue weighted by Gasteiger charge is -2.32. The van der Waals surface area contributed by atoms with Crippen LogP contribution in [-0.4, -0.2) is 66.4 Å². The van der Waals surface area contributed by atoms with Gasteiger partial charge in [-0.2, -0.15) is 0 Å². The van der Waals surface area contributed by atoms with Gasteiger partial charge < -0.3 is 19.5 Å². The van der Waals surface area contributed by atoms with E-state index < -0.39 is 0 Å². The third kappa shape index (κ3) is 4.64. The highest BCUT2D eigenvalue weighted by Crippen LogP contribution is 2.17. The summed E-state index contributed by atoms with van der Waals surface area (Å²) in [6.07, 6.45) is 5.70. The Morgan fingerprint density at radius 2 is 2.19 bits per heavy atom. The topological polar surface area (TPSA) is 83.7 Å². The molecule has 0 aliphatic carbocycles. The molecule has 2 aromatic rings. The van der Waals surface area contributed by atoms with Gasteiger partial charge in [-0.1, -0.05) is 11.2 Å². The molecule has 4 heterocycles. The molecule has 2 aliphatic heterocycles. The van der Waals surface area contributed by atoms with Gasteiger partial charge in [0.25, 0.3) is 5.91 Å². The molecule has 144 valence electrons. The van der Waals surface area contributed by atoms with Crippen LogP contribution >= 0.6 is 0 Å². The monoisotopic (exact) mass is 371 g/mol. The highest BCUT2D eigenvalue weighted by Gasteiger charge is 2.24. The van der Waals surface area contributed by atoms with Crippen LogP contribution in [0, 0.1) is 0 Å². The zero-order valence-corrected chi connectivity index (χ0v) is 15.3. The maximum absolute atomic E-state index is 12.6. The average molecular weight is 371 g/mol. The summed E-state index contributed by atoms with van der Waals surface area (Å²) in [7, 11) is 0. The molecular weight excluding hydrogens is 346 g/mol. The number of morpholine rings is 1. The van der Waals surface area contributed by atoms with E-state index in [1.807, 2.05) is 12.3 Å². The van der Waals surface area contributed by atoms with Crippen molar-refractivity contribution >= 4 is 11.7 Å². The van der Waals surface area contributed by atoms with Gasteiger partial charge in [0.05, 0.1) is 13.2 Å². The molecule has 1 N–H and O–H groups in total. The molecule has 0 aromatic carbocycles. The Bertz CT molecular complexity index is 745. The van der Waals surface area contributed by atoms with E-state index in [0.29, 0.717) is 19.0 Å². The third-order valence-corrected chi connectivity index (χ3v) is 5.03. The number of piperidine rings is 1. The number of nitrogens with one attached hydrogen (secondary N) is 1. The van der Waals surface area contributed by atoms with Gasteiger partial charge in [0.15, 0.2) is 5.82 Å². The Kier molecular flexibility index (Phi) is 5.64. The fourth-order valence-corrected chi connectivity index (χ4v) is 3.64. The summed E-state index contributed by atoms with van der Waals surface area (Å²) in [6.45, 7) is 5.57. The van der Waals surface area contributed by atoms with Gasteiger partial charge in [-0.05, 0) is 31.0 Å². The zero-order valence-electron chi connectivity index (χ0n) is 15.3. The van der Waals surface area contributed by atoms with E-state index in [0.717, 1.165) is 45.6 Å². The molecule has 2 aromatic heterocycles. The predicted molar refractivity (Wildman–Crippen MR) is 99.5 cm³/mol. The molecule has 8 nitrogen and oxygen atoms in total. The van der Waals surface area contributed by atoms with Crippen molar-refractivity contribution in [1.29, 1.82) is 0 Å². The quantitative estimate of drug-likeness (QED) is 0.848. The van der Waals surface area contributed by atoms with Gasteiger partial charge in [-0.3, -0.25) is 14.7 Å². The summed E-state index contributed by atoms with van der Waals surface area (Å²) in [5.41, 5.74) is 1.19. The van der Waals surface area contributed by atoms with Crippen molar-refractivity contribution in [2.75, 3.05) is 44.3 Å². The Morgan fingerprint density at radius 3 is 3.00 bits per heavy atom. The molecule has 0 saturated carbocycles. The fourth-order valence-electron chi connectivity index (χ4n) is 3.64. The van der Waals surface area contributed by atoms with Crippen molar-refractivity contribution in [3.05, 3.63) is 41.9 Å². The first kappa shape index (κ1) is 17.9. The molecule has 2 aliphatic rings. The Labute approximate surface area is 158 Å². The second kappa shape index (κ2) is 8.49. The minimum atomic E-state index is -0.199. The second-order valence-electron chi connectivity index (χ2n) is 7.06. The Morgan fingerprint density at radius 1 is 1.30 bits per heavy atom. The van der Waals surface area contributed by atoms with E-state index in [1.165, 1.54) is 5.56 Å². The first-order valence-electron chi connectivity index (χ1n) is 9.49. The van der Waals surface area contributed by atoms with Gasteiger partial charge >= 0.3 is 0 Å². The first-order valence-corrected chi connectivity index (χ1v) is 9.49. The Hall–Kier alpha value is -2.45. The molecule has 0 radical (unpaired) electrons. The van der Waals surface area contributed by atoms with Crippen LogP contribution in [0.2, 0.25) is 0 Å². The zero-order chi connectivity index (χ0) is 18.5. The van der Waals surface area contributed by atoms with Crippen LogP contribution in [0.1, 0.15) is 29.0 Å². The van der Waals surface area contributed by atoms with Gasteiger partial charge in [0.2, 0.25) is 5.76 Å². The van der Waals surface area contributed by atoms with Crippen molar-refractivity contribution in [3.63, 3.8) is 0 Å². The number of hydrogen-bond acceptors (Lipinski definition) is 7. The van der Waals surface area contributed by atoms with Crippen LogP contribution in [0.3, 0.4) is 0 Å². The van der Waals surface area contributed by atoms with E-state index >= 15 is 0 Å². The van der Waals surface area contributed by atoms with Crippen molar-refractivity contribution in [2.24, 2.45) is 0 Å². The van der Waals surface area contributed by atoms with Crippen molar-refractivity contribution in [1.82, 2.24) is 20.4 Å². The lowest BCUT2D eigenvalue weighted by atomic mass is 10.0. The average Bonchev–Trinajstić information content (AvgIpc) is 3.20. The van der Waals surface area contributed by atoms with Gasteiger partial charge in [-0.15, -0.1) is 0 Å². The molecule has 2 fully saturated rings. The van der Waals surface area contributed by atoms with E-state index in [-0.39, 0.29) is 17.7 Å². The summed E-state index contributed by atoms with van der Waals surface area (Å²) < 4.78 is 10.6. The maximum Gasteiger partial charge on any atom is 0.290 e. The van der Waals surface area contributed by atoms with Gasteiger partial charge in [0.1, 0.15) is 0 Å². The molecular formula is C19H25N5O3. The van der Waals surface area contributed by atoms with E-state index in [9.17, 15) is 4.79 Å². The highest BCUT2D eigenvalue weighted by atomic mass is 16.5. The van der Waals surface area contributed by atoms with Crippen LogP contribution in [0.4, 0.5) is 5.82 Å². The minimum absolute atomic E-state index is 0.111. The predicted octanol–water partition coefficient (Wildman–Crippen LogP) is 1.30. The van der Waals surface area contributed by atoms with Gasteiger partial charge in [-0.25, -0.2) is 0 Å². The van der Waals surface area contributed by atoms with Crippen LogP contribution in [-0.2, 0) is 11.3 Å². The van der Waals surface area contributed by atoms with Crippen LogP contribution in [0.25, 0.3) is 0 Å². The van der Waals surface area contributed by atoms with Crippen LogP contribution in [0.5, 0.6) is 0 Å². The third-order valence-electron chi connectivity index (χ3n) is 5.03. The van der Waals surface area contributed by atoms with Crippen molar-refractivity contribution in [3.8, 4) is 0 Å². The summed E-state index contributed by atoms with van der Waals surface area (Å²) in [4.78, 5) is 21.1. The SMILES string of the molecule is O=C(NC1CCCN(Cc2cccnc2)C1)c1cc(N2CCOCC2)no1. The number of amides is 1. The molecule has 27 heavy (non-hydrogen) atoms. The van der Waals surface area contributed by atoms with Crippen molar-refractivity contribution in [2.45, 2.75) is 25.4 Å². The van der Waals surface area contributed by atoms with Gasteiger partial charge in [0, 0.05) is 50.7 Å². The van der Waals surface area contributed by atoms with E-state index in [4.69, 9.17) is 9.26 Å². The lowest BCUT2D eigenvalue weighted by Crippen LogP contribution is -2.47. The maximum atomic E-state index is 12.6. The standard InChI is InChI=1S/C19H25N5O3/c25-19(17-11-18(22-27-17)24-7-9-26-10-8-24)21-16-4-2-6-23(14-16)13-15-3-1-5-20-12-15/h1,3,5,11-12,16H,2,4,6-10,13-14H2,(H,21,25). The number of aromatic nitrogens is 2. The summed E-state index contributed by atoms with van der Waals surface area (Å²) >= 11 is 0. The molecule has 2 saturated heterocycles. The number of nitrogens with zero attached hydrogens (tertiary/aromatic N) is 4. The molecule has 1 amide bonds. The number of anilines is 1. The molecule has 8 heteroatoms. The largest absolute Gasteiger partial charge is 0.378 e. The normalized spacial score (nSPS) is 21.2. The molecule has 1 unspecified atom stereocenters.